The Morgan fingerprint density at radius 2 is 2.24 bits per heavy atom. The molecule has 8 nitrogen and oxygen atoms in total. The molecule has 0 atom stereocenters. The van der Waals surface area contributed by atoms with E-state index in [9.17, 15) is 14.4 Å². The zero-order valence-electron chi connectivity index (χ0n) is 13.6. The van der Waals surface area contributed by atoms with E-state index in [0.717, 1.165) is 21.5 Å². The van der Waals surface area contributed by atoms with Gasteiger partial charge in [0.1, 0.15) is 11.4 Å². The van der Waals surface area contributed by atoms with Gasteiger partial charge in [0.25, 0.3) is 11.5 Å². The lowest BCUT2D eigenvalue weighted by molar-refractivity contribution is 0.0949. The van der Waals surface area contributed by atoms with Crippen LogP contribution in [0.3, 0.4) is 0 Å². The average Bonchev–Trinajstić information content (AvgIpc) is 3.23. The highest BCUT2D eigenvalue weighted by molar-refractivity contribution is 7.09. The molecular weight excluding hydrogens is 342 g/mol. The second-order valence-corrected chi connectivity index (χ2v) is 6.43. The molecule has 0 radical (unpaired) electrons. The molecule has 0 spiro atoms. The average molecular weight is 359 g/mol. The van der Waals surface area contributed by atoms with Crippen LogP contribution in [0.5, 0.6) is 0 Å². The predicted molar refractivity (Wildman–Crippen MR) is 94.0 cm³/mol. The lowest BCUT2D eigenvalue weighted by atomic mass is 10.3. The third-order valence-electron chi connectivity index (χ3n) is 3.76. The third-order valence-corrected chi connectivity index (χ3v) is 4.62. The maximum atomic E-state index is 12.5. The molecule has 1 amide bonds. The van der Waals surface area contributed by atoms with E-state index >= 15 is 0 Å². The zero-order valence-corrected chi connectivity index (χ0v) is 14.4. The van der Waals surface area contributed by atoms with Gasteiger partial charge in [-0.2, -0.15) is 0 Å². The summed E-state index contributed by atoms with van der Waals surface area (Å²) in [6.45, 7) is 2.90. The largest absolute Gasteiger partial charge is 0.350 e. The highest BCUT2D eigenvalue weighted by atomic mass is 32.1. The molecule has 0 saturated heterocycles. The molecule has 0 bridgehead atoms. The Hall–Kier alpha value is -2.94. The quantitative estimate of drug-likeness (QED) is 0.672. The zero-order chi connectivity index (χ0) is 17.8. The van der Waals surface area contributed by atoms with Crippen LogP contribution in [0.1, 0.15) is 21.1 Å². The third kappa shape index (κ3) is 3.77. The number of carbonyl (C=O) groups excluding carboxylic acids is 1. The first-order chi connectivity index (χ1) is 12.1. The minimum absolute atomic E-state index is 0.0847. The second kappa shape index (κ2) is 7.31. The van der Waals surface area contributed by atoms with E-state index in [1.54, 1.807) is 6.20 Å². The number of aryl methyl sites for hydroxylation is 1. The van der Waals surface area contributed by atoms with Crippen molar-refractivity contribution in [3.8, 4) is 0 Å². The van der Waals surface area contributed by atoms with E-state index in [0.29, 0.717) is 13.1 Å². The minimum atomic E-state index is -0.603. The van der Waals surface area contributed by atoms with Gasteiger partial charge in [0.2, 0.25) is 0 Å². The van der Waals surface area contributed by atoms with Crippen molar-refractivity contribution in [1.82, 2.24) is 24.4 Å². The second-order valence-electron chi connectivity index (χ2n) is 5.40. The van der Waals surface area contributed by atoms with Gasteiger partial charge >= 0.3 is 5.69 Å². The van der Waals surface area contributed by atoms with Gasteiger partial charge in [-0.05, 0) is 18.4 Å². The highest BCUT2D eigenvalue weighted by Gasteiger charge is 2.15. The number of imidazole rings is 1. The fraction of sp³-hybridized carbons (Fsp3) is 0.250. The van der Waals surface area contributed by atoms with Crippen LogP contribution in [-0.4, -0.2) is 31.6 Å². The lowest BCUT2D eigenvalue weighted by Gasteiger charge is -2.08. The fourth-order valence-electron chi connectivity index (χ4n) is 2.40. The minimum Gasteiger partial charge on any atom is -0.350 e. The van der Waals surface area contributed by atoms with Crippen molar-refractivity contribution < 1.29 is 4.79 Å². The van der Waals surface area contributed by atoms with E-state index in [1.165, 1.54) is 11.3 Å². The van der Waals surface area contributed by atoms with Gasteiger partial charge in [0.05, 0.1) is 6.54 Å². The van der Waals surface area contributed by atoms with Crippen molar-refractivity contribution in [2.45, 2.75) is 20.0 Å². The molecule has 0 aromatic carbocycles. The van der Waals surface area contributed by atoms with Crippen LogP contribution in [0.25, 0.3) is 0 Å². The van der Waals surface area contributed by atoms with E-state index < -0.39 is 17.2 Å². The SMILES string of the molecule is Cc1nccn1CCNC(=O)c1c[nH]c(=O)n(Cc2cccs2)c1=O. The molecule has 0 fully saturated rings. The topological polar surface area (TPSA) is 102 Å². The van der Waals surface area contributed by atoms with Gasteiger partial charge in [-0.1, -0.05) is 6.07 Å². The van der Waals surface area contributed by atoms with Crippen LogP contribution in [0.15, 0.2) is 45.7 Å². The molecule has 0 saturated carbocycles. The van der Waals surface area contributed by atoms with Crippen LogP contribution in [-0.2, 0) is 13.1 Å². The van der Waals surface area contributed by atoms with Gasteiger partial charge in [-0.3, -0.25) is 14.2 Å². The molecule has 9 heteroatoms. The van der Waals surface area contributed by atoms with E-state index in [2.05, 4.69) is 15.3 Å². The Morgan fingerprint density at radius 3 is 2.92 bits per heavy atom. The number of hydrogen-bond acceptors (Lipinski definition) is 5. The molecule has 130 valence electrons. The van der Waals surface area contributed by atoms with Gasteiger partial charge in [0, 0.05) is 36.6 Å². The molecule has 0 aliphatic rings. The number of amides is 1. The van der Waals surface area contributed by atoms with Crippen LogP contribution < -0.4 is 16.6 Å². The maximum absolute atomic E-state index is 12.5. The van der Waals surface area contributed by atoms with Crippen LogP contribution in [0, 0.1) is 6.92 Å². The molecule has 3 aromatic rings. The summed E-state index contributed by atoms with van der Waals surface area (Å²) in [5, 5.41) is 4.55. The van der Waals surface area contributed by atoms with Gasteiger partial charge < -0.3 is 14.9 Å². The number of aromatic amines is 1. The summed E-state index contributed by atoms with van der Waals surface area (Å²) in [7, 11) is 0. The summed E-state index contributed by atoms with van der Waals surface area (Å²) < 4.78 is 2.92. The molecular formula is C16H17N5O3S. The van der Waals surface area contributed by atoms with Gasteiger partial charge in [-0.15, -0.1) is 11.3 Å². The number of thiophene rings is 1. The number of H-pyrrole nitrogens is 1. The van der Waals surface area contributed by atoms with E-state index in [-0.39, 0.29) is 12.1 Å². The Kier molecular flexibility index (Phi) is 4.94. The van der Waals surface area contributed by atoms with Crippen molar-refractivity contribution in [3.05, 3.63) is 73.2 Å². The van der Waals surface area contributed by atoms with Gasteiger partial charge in [-0.25, -0.2) is 9.78 Å². The number of aromatic nitrogens is 4. The number of carbonyl (C=O) groups is 1. The Morgan fingerprint density at radius 1 is 1.40 bits per heavy atom. The number of hydrogen-bond donors (Lipinski definition) is 2. The summed E-state index contributed by atoms with van der Waals surface area (Å²) in [5.41, 5.74) is -1.23. The summed E-state index contributed by atoms with van der Waals surface area (Å²) in [6, 6.07) is 3.67. The molecule has 3 aromatic heterocycles. The van der Waals surface area contributed by atoms with Crippen molar-refractivity contribution in [1.29, 1.82) is 0 Å². The first-order valence-corrected chi connectivity index (χ1v) is 8.55. The summed E-state index contributed by atoms with van der Waals surface area (Å²) in [4.78, 5) is 44.1. The monoisotopic (exact) mass is 359 g/mol. The van der Waals surface area contributed by atoms with Crippen LogP contribution in [0.2, 0.25) is 0 Å². The Balaban J connectivity index is 1.73. The van der Waals surface area contributed by atoms with Crippen molar-refractivity contribution in [2.75, 3.05) is 6.54 Å². The van der Waals surface area contributed by atoms with Gasteiger partial charge in [0.15, 0.2) is 0 Å². The fourth-order valence-corrected chi connectivity index (χ4v) is 3.09. The molecule has 0 aliphatic heterocycles. The van der Waals surface area contributed by atoms with Crippen LogP contribution >= 0.6 is 11.3 Å². The number of nitrogens with one attached hydrogen (secondary N) is 2. The summed E-state index contributed by atoms with van der Waals surface area (Å²) in [6.07, 6.45) is 4.66. The van der Waals surface area contributed by atoms with Crippen molar-refractivity contribution in [2.24, 2.45) is 0 Å². The first kappa shape index (κ1) is 16.9. The lowest BCUT2D eigenvalue weighted by Crippen LogP contribution is -2.41. The molecule has 2 N–H and O–H groups in total. The summed E-state index contributed by atoms with van der Waals surface area (Å²) >= 11 is 1.44. The molecule has 3 heterocycles. The predicted octanol–water partition coefficient (Wildman–Crippen LogP) is 0.581. The number of nitrogens with zero attached hydrogens (tertiary/aromatic N) is 3. The normalized spacial score (nSPS) is 10.8. The smallest absolute Gasteiger partial charge is 0.328 e. The Bertz CT molecular complexity index is 984. The van der Waals surface area contributed by atoms with Crippen LogP contribution in [0.4, 0.5) is 0 Å². The first-order valence-electron chi connectivity index (χ1n) is 7.67. The van der Waals surface area contributed by atoms with E-state index in [1.807, 2.05) is 35.2 Å². The molecule has 0 unspecified atom stereocenters. The molecule has 0 aliphatic carbocycles. The Labute approximate surface area is 146 Å². The van der Waals surface area contributed by atoms with Crippen molar-refractivity contribution in [3.63, 3.8) is 0 Å². The molecule has 25 heavy (non-hydrogen) atoms. The number of rotatable bonds is 6. The maximum Gasteiger partial charge on any atom is 0.328 e. The molecule has 3 rings (SSSR count). The summed E-state index contributed by atoms with van der Waals surface area (Å²) in [5.74, 6) is 0.329. The standard InChI is InChI=1S/C16H17N5O3S/c1-11-17-4-6-20(11)7-5-18-14(22)13-9-19-16(24)21(15(13)23)10-12-3-2-8-25-12/h2-4,6,8-9H,5,7,10H2,1H3,(H,18,22)(H,19,24). The highest BCUT2D eigenvalue weighted by Crippen LogP contribution is 2.08. The van der Waals surface area contributed by atoms with Crippen molar-refractivity contribution >= 4 is 17.2 Å². The van der Waals surface area contributed by atoms with E-state index in [4.69, 9.17) is 0 Å².